The normalized spacial score (nSPS) is 12.9. The van der Waals surface area contributed by atoms with E-state index in [1.165, 1.54) is 0 Å². The number of aromatic nitrogens is 3. The zero-order chi connectivity index (χ0) is 18.9. The third-order valence-corrected chi connectivity index (χ3v) is 4.48. The highest BCUT2D eigenvalue weighted by atomic mass is 16.3. The van der Waals surface area contributed by atoms with E-state index >= 15 is 0 Å². The maximum Gasteiger partial charge on any atom is 0.190 e. The molecule has 2 aromatic heterocycles. The number of aliphatic hydroxyl groups excluding tert-OH is 1. The third kappa shape index (κ3) is 5.04. The van der Waals surface area contributed by atoms with Crippen LogP contribution in [0.5, 0.6) is 0 Å². The molecule has 1 atom stereocenters. The van der Waals surface area contributed by atoms with Gasteiger partial charge in [-0.3, -0.25) is 9.39 Å². The van der Waals surface area contributed by atoms with Crippen LogP contribution in [0.15, 0.2) is 59.7 Å². The van der Waals surface area contributed by atoms with Gasteiger partial charge in [-0.2, -0.15) is 0 Å². The van der Waals surface area contributed by atoms with Crippen molar-refractivity contribution in [3.8, 4) is 0 Å². The van der Waals surface area contributed by atoms with Gasteiger partial charge >= 0.3 is 0 Å². The second kappa shape index (κ2) is 9.68. The smallest absolute Gasteiger partial charge is 0.190 e. The van der Waals surface area contributed by atoms with Gasteiger partial charge in [-0.25, -0.2) is 0 Å². The Morgan fingerprint density at radius 2 is 1.93 bits per heavy atom. The number of aliphatic imine (C=N–C) groups is 1. The van der Waals surface area contributed by atoms with E-state index < -0.39 is 0 Å². The van der Waals surface area contributed by atoms with Gasteiger partial charge in [-0.05, 0) is 24.1 Å². The Balaban J connectivity index is 1.44. The topological polar surface area (TPSA) is 86.8 Å². The van der Waals surface area contributed by atoms with Crippen LogP contribution in [0, 0.1) is 0 Å². The summed E-state index contributed by atoms with van der Waals surface area (Å²) in [5, 5.41) is 24.7. The Morgan fingerprint density at radius 3 is 2.70 bits per heavy atom. The Hall–Kier alpha value is -2.93. The highest BCUT2D eigenvalue weighted by molar-refractivity contribution is 5.79. The van der Waals surface area contributed by atoms with Crippen molar-refractivity contribution >= 4 is 11.6 Å². The average molecular weight is 366 g/mol. The Bertz CT molecular complexity index is 861. The minimum absolute atomic E-state index is 0.0344. The van der Waals surface area contributed by atoms with Crippen LogP contribution in [0.3, 0.4) is 0 Å². The monoisotopic (exact) mass is 366 g/mol. The summed E-state index contributed by atoms with van der Waals surface area (Å²) in [6.07, 6.45) is 3.73. The SMILES string of the molecule is CN=C(NCCCc1nnc2ccccn12)NCC(CO)c1ccccc1. The lowest BCUT2D eigenvalue weighted by atomic mass is 10.0. The lowest BCUT2D eigenvalue weighted by Crippen LogP contribution is -2.40. The van der Waals surface area contributed by atoms with E-state index in [-0.39, 0.29) is 12.5 Å². The number of aryl methyl sites for hydroxylation is 1. The number of guanidine groups is 1. The van der Waals surface area contributed by atoms with Gasteiger partial charge < -0.3 is 15.7 Å². The predicted octanol–water partition coefficient (Wildman–Crippen LogP) is 1.60. The maximum absolute atomic E-state index is 9.66. The molecule has 0 saturated heterocycles. The van der Waals surface area contributed by atoms with E-state index in [4.69, 9.17) is 0 Å². The number of nitrogens with zero attached hydrogens (tertiary/aromatic N) is 4. The molecule has 1 unspecified atom stereocenters. The molecule has 0 fully saturated rings. The first kappa shape index (κ1) is 18.8. The fraction of sp³-hybridized carbons (Fsp3) is 0.350. The molecule has 3 aromatic rings. The van der Waals surface area contributed by atoms with Gasteiger partial charge in [-0.1, -0.05) is 36.4 Å². The first-order valence-corrected chi connectivity index (χ1v) is 9.20. The summed E-state index contributed by atoms with van der Waals surface area (Å²) < 4.78 is 2.01. The maximum atomic E-state index is 9.66. The van der Waals surface area contributed by atoms with Gasteiger partial charge in [0.2, 0.25) is 0 Å². The first-order chi connectivity index (χ1) is 13.3. The molecule has 2 heterocycles. The van der Waals surface area contributed by atoms with E-state index in [1.54, 1.807) is 7.05 Å². The summed E-state index contributed by atoms with van der Waals surface area (Å²) >= 11 is 0. The molecule has 0 amide bonds. The molecule has 0 aliphatic heterocycles. The lowest BCUT2D eigenvalue weighted by molar-refractivity contribution is 0.265. The number of aliphatic hydroxyl groups is 1. The molecular weight excluding hydrogens is 340 g/mol. The van der Waals surface area contributed by atoms with Crippen molar-refractivity contribution in [3.05, 3.63) is 66.1 Å². The molecule has 27 heavy (non-hydrogen) atoms. The van der Waals surface area contributed by atoms with Crippen LogP contribution in [0.25, 0.3) is 5.65 Å². The standard InChI is InChI=1S/C20H26N6O/c1-21-20(23-14-17(15-27)16-8-3-2-4-9-16)22-12-7-11-19-25-24-18-10-5-6-13-26(18)19/h2-6,8-10,13,17,27H,7,11-12,14-15H2,1H3,(H2,21,22,23). The summed E-state index contributed by atoms with van der Waals surface area (Å²) in [5.41, 5.74) is 1.98. The molecule has 0 spiro atoms. The lowest BCUT2D eigenvalue weighted by Gasteiger charge is -2.18. The van der Waals surface area contributed by atoms with Crippen molar-refractivity contribution in [2.45, 2.75) is 18.8 Å². The van der Waals surface area contributed by atoms with Gasteiger partial charge in [0.25, 0.3) is 0 Å². The van der Waals surface area contributed by atoms with Crippen molar-refractivity contribution in [1.82, 2.24) is 25.2 Å². The number of pyridine rings is 1. The summed E-state index contributed by atoms with van der Waals surface area (Å²) in [6.45, 7) is 1.49. The largest absolute Gasteiger partial charge is 0.396 e. The molecule has 3 rings (SSSR count). The van der Waals surface area contributed by atoms with Crippen molar-refractivity contribution < 1.29 is 5.11 Å². The van der Waals surface area contributed by atoms with E-state index in [2.05, 4.69) is 25.8 Å². The third-order valence-electron chi connectivity index (χ3n) is 4.48. The molecule has 7 heteroatoms. The highest BCUT2D eigenvalue weighted by Crippen LogP contribution is 2.13. The number of hydrogen-bond acceptors (Lipinski definition) is 4. The molecule has 0 radical (unpaired) electrons. The van der Waals surface area contributed by atoms with Gasteiger partial charge in [0.1, 0.15) is 5.82 Å². The Labute approximate surface area is 159 Å². The summed E-state index contributed by atoms with van der Waals surface area (Å²) in [7, 11) is 1.75. The quantitative estimate of drug-likeness (QED) is 0.320. The van der Waals surface area contributed by atoms with Gasteiger partial charge in [0.15, 0.2) is 11.6 Å². The van der Waals surface area contributed by atoms with E-state index in [0.29, 0.717) is 6.54 Å². The van der Waals surface area contributed by atoms with Crippen LogP contribution in [0.4, 0.5) is 0 Å². The van der Waals surface area contributed by atoms with Crippen molar-refractivity contribution in [3.63, 3.8) is 0 Å². The van der Waals surface area contributed by atoms with Crippen LogP contribution >= 0.6 is 0 Å². The van der Waals surface area contributed by atoms with Crippen LogP contribution in [0.1, 0.15) is 23.7 Å². The minimum Gasteiger partial charge on any atom is -0.396 e. The van der Waals surface area contributed by atoms with Crippen LogP contribution in [-0.4, -0.2) is 52.4 Å². The highest BCUT2D eigenvalue weighted by Gasteiger charge is 2.11. The van der Waals surface area contributed by atoms with Crippen molar-refractivity contribution in [1.29, 1.82) is 0 Å². The molecule has 0 bridgehead atoms. The second-order valence-corrected chi connectivity index (χ2v) is 6.32. The molecular formula is C20H26N6O. The number of rotatable bonds is 8. The fourth-order valence-electron chi connectivity index (χ4n) is 2.97. The van der Waals surface area contributed by atoms with Gasteiger partial charge in [0.05, 0.1) is 6.61 Å². The van der Waals surface area contributed by atoms with Gasteiger partial charge in [-0.15, -0.1) is 10.2 Å². The van der Waals surface area contributed by atoms with Crippen LogP contribution < -0.4 is 10.6 Å². The van der Waals surface area contributed by atoms with E-state index in [0.717, 1.165) is 42.4 Å². The molecule has 7 nitrogen and oxygen atoms in total. The zero-order valence-electron chi connectivity index (χ0n) is 15.5. The second-order valence-electron chi connectivity index (χ2n) is 6.32. The summed E-state index contributed by atoms with van der Waals surface area (Å²) in [5.74, 6) is 1.72. The number of hydrogen-bond donors (Lipinski definition) is 3. The van der Waals surface area contributed by atoms with Crippen molar-refractivity contribution in [2.75, 3.05) is 26.7 Å². The number of benzene rings is 1. The number of nitrogens with one attached hydrogen (secondary N) is 2. The van der Waals surface area contributed by atoms with Gasteiger partial charge in [0, 0.05) is 38.7 Å². The minimum atomic E-state index is 0.0344. The van der Waals surface area contributed by atoms with Crippen LogP contribution in [-0.2, 0) is 6.42 Å². The summed E-state index contributed by atoms with van der Waals surface area (Å²) in [6, 6.07) is 15.9. The van der Waals surface area contributed by atoms with Crippen LogP contribution in [0.2, 0.25) is 0 Å². The average Bonchev–Trinajstić information content (AvgIpc) is 3.14. The molecule has 0 saturated carbocycles. The first-order valence-electron chi connectivity index (χ1n) is 9.20. The Kier molecular flexibility index (Phi) is 6.76. The van der Waals surface area contributed by atoms with E-state index in [9.17, 15) is 5.11 Å². The van der Waals surface area contributed by atoms with E-state index in [1.807, 2.05) is 59.1 Å². The zero-order valence-corrected chi connectivity index (χ0v) is 15.5. The molecule has 3 N–H and O–H groups in total. The number of fused-ring (bicyclic) bond motifs is 1. The molecule has 1 aromatic carbocycles. The predicted molar refractivity (Wildman–Crippen MR) is 107 cm³/mol. The van der Waals surface area contributed by atoms with Crippen molar-refractivity contribution in [2.24, 2.45) is 4.99 Å². The Morgan fingerprint density at radius 1 is 1.11 bits per heavy atom. The molecule has 0 aliphatic rings. The molecule has 0 aliphatic carbocycles. The molecule has 142 valence electrons. The summed E-state index contributed by atoms with van der Waals surface area (Å²) in [4.78, 5) is 4.25. The fourth-order valence-corrected chi connectivity index (χ4v) is 2.97.